The fourth-order valence-electron chi connectivity index (χ4n) is 3.25. The van der Waals surface area contributed by atoms with Gasteiger partial charge in [0, 0.05) is 6.54 Å². The largest absolute Gasteiger partial charge is 0.484 e. The molecule has 0 unspecified atom stereocenters. The molecule has 130 valence electrons. The van der Waals surface area contributed by atoms with Crippen molar-refractivity contribution in [1.82, 2.24) is 5.32 Å². The molecule has 1 amide bonds. The van der Waals surface area contributed by atoms with Crippen molar-refractivity contribution in [1.29, 1.82) is 0 Å². The van der Waals surface area contributed by atoms with E-state index in [2.05, 4.69) is 17.4 Å². The summed E-state index contributed by atoms with van der Waals surface area (Å²) in [7, 11) is 0. The highest BCUT2D eigenvalue weighted by Gasteiger charge is 2.14. The Labute approximate surface area is 146 Å². The SMILES string of the molecule is O=C(COc1ccc2c(c1)CCCC2)NCc1ccc2c(c1)OCO2. The quantitative estimate of drug-likeness (QED) is 0.910. The Kier molecular flexibility index (Phi) is 4.46. The maximum atomic E-state index is 12.0. The minimum Gasteiger partial charge on any atom is -0.484 e. The van der Waals surface area contributed by atoms with E-state index in [0.717, 1.165) is 35.7 Å². The summed E-state index contributed by atoms with van der Waals surface area (Å²) in [5, 5.41) is 2.86. The van der Waals surface area contributed by atoms with Crippen LogP contribution in [0.1, 0.15) is 29.5 Å². The smallest absolute Gasteiger partial charge is 0.258 e. The molecule has 1 aliphatic carbocycles. The standard InChI is InChI=1S/C20H21NO4/c22-20(21-11-14-5-8-18-19(9-14)25-13-24-18)12-23-17-7-6-15-3-1-2-4-16(15)10-17/h5-10H,1-4,11-13H2,(H,21,22). The molecular weight excluding hydrogens is 318 g/mol. The summed E-state index contributed by atoms with van der Waals surface area (Å²) in [6.07, 6.45) is 4.73. The summed E-state index contributed by atoms with van der Waals surface area (Å²) in [6, 6.07) is 11.8. The number of nitrogens with one attached hydrogen (secondary N) is 1. The maximum Gasteiger partial charge on any atom is 0.258 e. The van der Waals surface area contributed by atoms with Crippen LogP contribution < -0.4 is 19.5 Å². The number of amides is 1. The molecule has 0 saturated heterocycles. The van der Waals surface area contributed by atoms with Gasteiger partial charge >= 0.3 is 0 Å². The molecule has 0 aromatic heterocycles. The molecule has 0 saturated carbocycles. The summed E-state index contributed by atoms with van der Waals surface area (Å²) < 4.78 is 16.3. The number of rotatable bonds is 5. The summed E-state index contributed by atoms with van der Waals surface area (Å²) in [6.45, 7) is 0.701. The Hall–Kier alpha value is -2.69. The second kappa shape index (κ2) is 7.05. The zero-order valence-electron chi connectivity index (χ0n) is 14.0. The highest BCUT2D eigenvalue weighted by molar-refractivity contribution is 5.77. The molecule has 0 spiro atoms. The van der Waals surface area contributed by atoms with Gasteiger partial charge in [-0.25, -0.2) is 0 Å². The highest BCUT2D eigenvalue weighted by Crippen LogP contribution is 2.32. The van der Waals surface area contributed by atoms with Crippen LogP contribution in [0.2, 0.25) is 0 Å². The van der Waals surface area contributed by atoms with E-state index in [9.17, 15) is 4.79 Å². The Balaban J connectivity index is 1.28. The van der Waals surface area contributed by atoms with Gasteiger partial charge in [0.1, 0.15) is 5.75 Å². The molecule has 0 bridgehead atoms. The molecule has 2 aromatic carbocycles. The Bertz CT molecular complexity index is 787. The Morgan fingerprint density at radius 3 is 2.76 bits per heavy atom. The first-order valence-corrected chi connectivity index (χ1v) is 8.68. The fourth-order valence-corrected chi connectivity index (χ4v) is 3.25. The molecule has 0 atom stereocenters. The van der Waals surface area contributed by atoms with Crippen molar-refractivity contribution in [3.63, 3.8) is 0 Å². The molecule has 1 N–H and O–H groups in total. The van der Waals surface area contributed by atoms with Gasteiger partial charge in [-0.3, -0.25) is 4.79 Å². The number of carbonyl (C=O) groups excluding carboxylic acids is 1. The summed E-state index contributed by atoms with van der Waals surface area (Å²) in [5.41, 5.74) is 3.72. The third-order valence-electron chi connectivity index (χ3n) is 4.62. The average Bonchev–Trinajstić information content (AvgIpc) is 3.12. The van der Waals surface area contributed by atoms with E-state index in [1.54, 1.807) is 0 Å². The molecular formula is C20H21NO4. The van der Waals surface area contributed by atoms with E-state index < -0.39 is 0 Å². The van der Waals surface area contributed by atoms with Crippen LogP contribution in [0.25, 0.3) is 0 Å². The van der Waals surface area contributed by atoms with Crippen molar-refractivity contribution in [2.24, 2.45) is 0 Å². The van der Waals surface area contributed by atoms with Crippen LogP contribution in [0.4, 0.5) is 0 Å². The molecule has 2 aliphatic rings. The molecule has 25 heavy (non-hydrogen) atoms. The van der Waals surface area contributed by atoms with Gasteiger partial charge in [-0.15, -0.1) is 0 Å². The number of hydrogen-bond donors (Lipinski definition) is 1. The first-order chi connectivity index (χ1) is 12.3. The molecule has 1 aliphatic heterocycles. The first-order valence-electron chi connectivity index (χ1n) is 8.68. The van der Waals surface area contributed by atoms with E-state index in [1.165, 1.54) is 24.0 Å². The second-order valence-corrected chi connectivity index (χ2v) is 6.39. The van der Waals surface area contributed by atoms with Crippen LogP contribution >= 0.6 is 0 Å². The van der Waals surface area contributed by atoms with Crippen LogP contribution in [0.15, 0.2) is 36.4 Å². The molecule has 2 aromatic rings. The van der Waals surface area contributed by atoms with Crippen molar-refractivity contribution in [3.05, 3.63) is 53.1 Å². The molecule has 5 heteroatoms. The van der Waals surface area contributed by atoms with Crippen molar-refractivity contribution in [2.45, 2.75) is 32.2 Å². The topological polar surface area (TPSA) is 56.8 Å². The van der Waals surface area contributed by atoms with E-state index in [4.69, 9.17) is 14.2 Å². The number of aryl methyl sites for hydroxylation is 2. The average molecular weight is 339 g/mol. The van der Waals surface area contributed by atoms with Crippen LogP contribution in [-0.2, 0) is 24.2 Å². The van der Waals surface area contributed by atoms with Crippen molar-refractivity contribution < 1.29 is 19.0 Å². The van der Waals surface area contributed by atoms with Crippen LogP contribution in [0.5, 0.6) is 17.2 Å². The second-order valence-electron chi connectivity index (χ2n) is 6.39. The fraction of sp³-hybridized carbons (Fsp3) is 0.350. The predicted molar refractivity (Wildman–Crippen MR) is 93.0 cm³/mol. The van der Waals surface area contributed by atoms with Gasteiger partial charge in [0.2, 0.25) is 6.79 Å². The third kappa shape index (κ3) is 3.71. The number of ether oxygens (including phenoxy) is 3. The Morgan fingerprint density at radius 2 is 1.84 bits per heavy atom. The lowest BCUT2D eigenvalue weighted by atomic mass is 9.92. The Morgan fingerprint density at radius 1 is 1.00 bits per heavy atom. The van der Waals surface area contributed by atoms with Gasteiger partial charge in [-0.1, -0.05) is 12.1 Å². The minimum absolute atomic E-state index is 0.0172. The lowest BCUT2D eigenvalue weighted by molar-refractivity contribution is -0.123. The molecule has 1 heterocycles. The maximum absolute atomic E-state index is 12.0. The van der Waals surface area contributed by atoms with Crippen LogP contribution in [0, 0.1) is 0 Å². The first kappa shape index (κ1) is 15.8. The third-order valence-corrected chi connectivity index (χ3v) is 4.62. The predicted octanol–water partition coefficient (Wildman–Crippen LogP) is 2.99. The number of fused-ring (bicyclic) bond motifs is 2. The number of benzene rings is 2. The van der Waals surface area contributed by atoms with Crippen molar-refractivity contribution >= 4 is 5.91 Å². The molecule has 4 rings (SSSR count). The molecule has 0 fully saturated rings. The lowest BCUT2D eigenvalue weighted by Crippen LogP contribution is -2.28. The van der Waals surface area contributed by atoms with E-state index in [0.29, 0.717) is 6.54 Å². The van der Waals surface area contributed by atoms with Crippen LogP contribution in [0.3, 0.4) is 0 Å². The number of hydrogen-bond acceptors (Lipinski definition) is 4. The van der Waals surface area contributed by atoms with Crippen molar-refractivity contribution in [3.8, 4) is 17.2 Å². The molecule has 5 nitrogen and oxygen atoms in total. The summed E-state index contributed by atoms with van der Waals surface area (Å²) in [5.74, 6) is 2.08. The van der Waals surface area contributed by atoms with E-state index >= 15 is 0 Å². The van der Waals surface area contributed by atoms with Gasteiger partial charge in [0.15, 0.2) is 18.1 Å². The summed E-state index contributed by atoms with van der Waals surface area (Å²) >= 11 is 0. The summed E-state index contributed by atoms with van der Waals surface area (Å²) in [4.78, 5) is 12.0. The van der Waals surface area contributed by atoms with Gasteiger partial charge in [-0.2, -0.15) is 0 Å². The van der Waals surface area contributed by atoms with Gasteiger partial charge < -0.3 is 19.5 Å². The highest BCUT2D eigenvalue weighted by atomic mass is 16.7. The molecule has 0 radical (unpaired) electrons. The zero-order valence-corrected chi connectivity index (χ0v) is 14.0. The van der Waals surface area contributed by atoms with Crippen molar-refractivity contribution in [2.75, 3.05) is 13.4 Å². The van der Waals surface area contributed by atoms with Crippen LogP contribution in [-0.4, -0.2) is 19.3 Å². The van der Waals surface area contributed by atoms with Gasteiger partial charge in [0.25, 0.3) is 5.91 Å². The van der Waals surface area contributed by atoms with E-state index in [1.807, 2.05) is 24.3 Å². The zero-order chi connectivity index (χ0) is 17.1. The lowest BCUT2D eigenvalue weighted by Gasteiger charge is -2.16. The normalized spacial score (nSPS) is 14.7. The number of carbonyl (C=O) groups is 1. The van der Waals surface area contributed by atoms with Gasteiger partial charge in [-0.05, 0) is 66.6 Å². The minimum atomic E-state index is -0.143. The monoisotopic (exact) mass is 339 g/mol. The van der Waals surface area contributed by atoms with E-state index in [-0.39, 0.29) is 19.3 Å². The van der Waals surface area contributed by atoms with Gasteiger partial charge in [0.05, 0.1) is 0 Å².